The van der Waals surface area contributed by atoms with E-state index in [4.69, 9.17) is 27.9 Å². The van der Waals surface area contributed by atoms with Gasteiger partial charge >= 0.3 is 67.8 Å². The Hall–Kier alpha value is 0.726. The largest absolute Gasteiger partial charge is 0 e. The molecule has 0 saturated heterocycles. The smallest absolute Gasteiger partial charge is 0 e. The maximum Gasteiger partial charge on any atom is 0 e. The maximum absolute atomic E-state index is 7.50. The summed E-state index contributed by atoms with van der Waals surface area (Å²) < 4.78 is 45.0. The summed E-state index contributed by atoms with van der Waals surface area (Å²) in [5, 5.41) is 0. The Morgan fingerprint density at radius 3 is 0.576 bits per heavy atom. The third-order valence-electron chi connectivity index (χ3n) is 4.54. The van der Waals surface area contributed by atoms with Crippen molar-refractivity contribution >= 4 is 18.0 Å². The van der Waals surface area contributed by atoms with Gasteiger partial charge in [0.05, 0.1) is 0 Å². The van der Waals surface area contributed by atoms with Crippen LogP contribution in [0.25, 0.3) is 0 Å². The molecule has 3 aliphatic carbocycles. The number of rotatable bonds is 0. The molecule has 0 aromatic carbocycles. The van der Waals surface area contributed by atoms with Crippen molar-refractivity contribution in [2.75, 3.05) is 0 Å². The summed E-state index contributed by atoms with van der Waals surface area (Å²) in [4.78, 5) is 0. The average Bonchev–Trinajstić information content (AvgIpc) is 3.63. The molecule has 5 radical (unpaired) electrons. The first-order valence-electron chi connectivity index (χ1n) is 9.51. The summed E-state index contributed by atoms with van der Waals surface area (Å²) in [7, 11) is 0. The van der Waals surface area contributed by atoms with Crippen LogP contribution >= 0.6 is 0 Å². The first-order valence-corrected chi connectivity index (χ1v) is 9.51. The van der Waals surface area contributed by atoms with Crippen molar-refractivity contribution in [2.45, 2.75) is 97.3 Å². The minimum absolute atomic E-state index is 0. The topological polar surface area (TPSA) is 119 Å². The quantitative estimate of drug-likeness (QED) is 0.176. The van der Waals surface area contributed by atoms with Crippen molar-refractivity contribution in [1.29, 1.82) is 0 Å². The van der Waals surface area contributed by atoms with Crippen molar-refractivity contribution in [3.05, 3.63) is 39.9 Å². The standard InChI is InChI=1S/2C6H12.C5H10.6CO.As.2Mn.Mo/c2*1-6-4-2-3-5-6;1-2-4-5-3-1;6*1-2;;;;/h2*6H,2-5H2,1H3;1-5H2;;;;;;;;;;. The molecule has 3 rings (SSSR count). The molecule has 0 bridgehead atoms. The van der Waals surface area contributed by atoms with Gasteiger partial charge in [0.25, 0.3) is 0 Å². The molecule has 10 heteroatoms. The van der Waals surface area contributed by atoms with Gasteiger partial charge in [0.15, 0.2) is 0 Å². The van der Waals surface area contributed by atoms with E-state index in [0.29, 0.717) is 0 Å². The summed E-state index contributed by atoms with van der Waals surface area (Å²) in [5.41, 5.74) is 0. The number of hydrogen-bond acceptors (Lipinski definition) is 0. The molecule has 3 fully saturated rings. The maximum atomic E-state index is 7.50. The zero-order chi connectivity index (χ0) is 24.3. The van der Waals surface area contributed by atoms with E-state index in [9.17, 15) is 0 Å². The van der Waals surface area contributed by atoms with E-state index < -0.39 is 0 Å². The van der Waals surface area contributed by atoms with Crippen LogP contribution in [0, 0.1) is 51.7 Å². The molecule has 3 aliphatic rings. The Labute approximate surface area is 248 Å². The second kappa shape index (κ2) is 84.7. The van der Waals surface area contributed by atoms with E-state index in [2.05, 4.69) is 53.7 Å². The zero-order valence-electron chi connectivity index (χ0n) is 19.4. The predicted molar refractivity (Wildman–Crippen MR) is 108 cm³/mol. The van der Waals surface area contributed by atoms with Crippen LogP contribution in [0.15, 0.2) is 0 Å². The van der Waals surface area contributed by atoms with Crippen LogP contribution in [0.3, 0.4) is 0 Å². The normalized spacial score (nSPS) is 13.3. The Morgan fingerprint density at radius 1 is 0.394 bits per heavy atom. The summed E-state index contributed by atoms with van der Waals surface area (Å²) in [6, 6.07) is 0. The summed E-state index contributed by atoms with van der Waals surface area (Å²) in [5.74, 6) is 2.09. The summed E-state index contributed by atoms with van der Waals surface area (Å²) >= 11 is 0. The van der Waals surface area contributed by atoms with E-state index in [1.165, 1.54) is 83.5 Å². The van der Waals surface area contributed by atoms with Crippen LogP contribution < -0.4 is 0 Å². The van der Waals surface area contributed by atoms with Gasteiger partial charge in [0.1, 0.15) is 0 Å². The van der Waals surface area contributed by atoms with Crippen LogP contribution in [0.2, 0.25) is 0 Å². The molecule has 0 amide bonds. The third kappa shape index (κ3) is 79.4. The van der Waals surface area contributed by atoms with E-state index in [1.54, 1.807) is 0 Å². The zero-order valence-corrected chi connectivity index (χ0v) is 25.7. The Bertz CT molecular complexity index is 318. The van der Waals surface area contributed by atoms with Gasteiger partial charge in [0, 0.05) is 73.2 Å². The van der Waals surface area contributed by atoms with Crippen LogP contribution in [0.1, 0.15) is 97.3 Å². The molecule has 0 atom stereocenters. The first kappa shape index (κ1) is 64.2. The van der Waals surface area contributed by atoms with Gasteiger partial charge in [-0.2, -0.15) is 0 Å². The fourth-order valence-corrected chi connectivity index (χ4v) is 3.14. The summed E-state index contributed by atoms with van der Waals surface area (Å²) in [6.07, 6.45) is 19.4. The van der Waals surface area contributed by atoms with E-state index >= 15 is 0 Å². The Balaban J connectivity index is -0.0000000235. The van der Waals surface area contributed by atoms with Crippen LogP contribution in [0.5, 0.6) is 0 Å². The second-order valence-corrected chi connectivity index (χ2v) is 6.55. The predicted octanol–water partition coefficient (Wildman–Crippen LogP) is 5.73. The minimum Gasteiger partial charge on any atom is 0 e. The van der Waals surface area contributed by atoms with Crippen LogP contribution in [0.4, 0.5) is 0 Å². The van der Waals surface area contributed by atoms with Gasteiger partial charge in [0.2, 0.25) is 0 Å². The van der Waals surface area contributed by atoms with Crippen molar-refractivity contribution in [3.8, 4) is 0 Å². The van der Waals surface area contributed by atoms with Crippen LogP contribution in [-0.2, 0) is 83.1 Å². The number of hydrogen-bond donors (Lipinski definition) is 0. The molecule has 187 valence electrons. The van der Waals surface area contributed by atoms with Gasteiger partial charge in [-0.1, -0.05) is 97.3 Å². The van der Waals surface area contributed by atoms with Crippen LogP contribution in [-0.4, -0.2) is 18.0 Å². The molecule has 0 unspecified atom stereocenters. The van der Waals surface area contributed by atoms with Crippen molar-refractivity contribution in [1.82, 2.24) is 0 Å². The summed E-state index contributed by atoms with van der Waals surface area (Å²) in [6.45, 7) is 31.7. The Morgan fingerprint density at radius 2 is 0.515 bits per heavy atom. The molecule has 0 spiro atoms. The molecule has 0 heterocycles. The first-order chi connectivity index (χ1) is 14.3. The van der Waals surface area contributed by atoms with Gasteiger partial charge in [-0.3, -0.25) is 0 Å². The monoisotopic (exact) mass is 689 g/mol. The second-order valence-electron chi connectivity index (χ2n) is 6.55. The van der Waals surface area contributed by atoms with Crippen molar-refractivity contribution in [3.63, 3.8) is 0 Å². The molecule has 33 heavy (non-hydrogen) atoms. The Kier molecular flexibility index (Phi) is 165. The van der Waals surface area contributed by atoms with Crippen molar-refractivity contribution in [2.24, 2.45) is 11.8 Å². The molecule has 0 aromatic rings. The molecular weight excluding hydrogens is 653 g/mol. The molecule has 6 nitrogen and oxygen atoms in total. The van der Waals surface area contributed by atoms with E-state index in [0.717, 1.165) is 11.8 Å². The van der Waals surface area contributed by atoms with Gasteiger partial charge in [-0.25, -0.2) is 0 Å². The third-order valence-corrected chi connectivity index (χ3v) is 4.54. The van der Waals surface area contributed by atoms with E-state index in [-0.39, 0.29) is 73.2 Å². The average molecular weight is 687 g/mol. The SMILES string of the molecule is C1CCCC1.CC1CCCC1.CC1CCCC1.[As].[C-]#[O+].[C-]#[O+].[C-]#[O+].[C-]#[O+].[C-]#[O+].[C-]#[O+].[Mn].[Mn].[Mo]. The molecule has 0 aliphatic heterocycles. The minimum atomic E-state index is 0. The molecule has 3 saturated carbocycles. The van der Waals surface area contributed by atoms with Gasteiger partial charge in [-0.15, -0.1) is 0 Å². The van der Waals surface area contributed by atoms with E-state index in [1.807, 2.05) is 0 Å². The van der Waals surface area contributed by atoms with Gasteiger partial charge < -0.3 is 0 Å². The van der Waals surface area contributed by atoms with Gasteiger partial charge in [-0.05, 0) is 11.8 Å². The van der Waals surface area contributed by atoms with Crippen molar-refractivity contribution < 1.29 is 83.1 Å². The fraction of sp³-hybridized carbons (Fsp3) is 0.739. The molecular formula is C23H34AsMn2MoO6. The molecule has 0 aromatic heterocycles. The molecule has 0 N–H and O–H groups in total. The fourth-order valence-electron chi connectivity index (χ4n) is 3.14.